The van der Waals surface area contributed by atoms with Crippen molar-refractivity contribution in [2.75, 3.05) is 38.2 Å². The minimum absolute atomic E-state index is 0.123. The summed E-state index contributed by atoms with van der Waals surface area (Å²) in [7, 11) is -3.62. The molecule has 0 atom stereocenters. The van der Waals surface area contributed by atoms with Crippen molar-refractivity contribution in [2.24, 2.45) is 0 Å². The van der Waals surface area contributed by atoms with E-state index in [2.05, 4.69) is 5.32 Å². The zero-order chi connectivity index (χ0) is 19.3. The van der Waals surface area contributed by atoms with Gasteiger partial charge in [0.2, 0.25) is 10.0 Å². The van der Waals surface area contributed by atoms with Crippen molar-refractivity contribution in [3.8, 4) is 5.75 Å². The Bertz CT molecular complexity index is 913. The number of amides is 1. The lowest BCUT2D eigenvalue weighted by molar-refractivity contribution is -0.118. The zero-order valence-corrected chi connectivity index (χ0v) is 16.0. The van der Waals surface area contributed by atoms with Gasteiger partial charge in [-0.05, 0) is 36.4 Å². The molecule has 0 unspecified atom stereocenters. The van der Waals surface area contributed by atoms with E-state index in [1.807, 2.05) is 0 Å². The Balaban J connectivity index is 1.64. The maximum Gasteiger partial charge on any atom is 0.262 e. The largest absolute Gasteiger partial charge is 0.484 e. The average molecular weight is 411 g/mol. The molecule has 1 aliphatic rings. The summed E-state index contributed by atoms with van der Waals surface area (Å²) < 4.78 is 37.3. The molecule has 7 nitrogen and oxygen atoms in total. The molecule has 3 rings (SSSR count). The molecule has 2 aromatic carbocycles. The minimum atomic E-state index is -3.62. The number of benzene rings is 2. The molecule has 1 N–H and O–H groups in total. The highest BCUT2D eigenvalue weighted by Crippen LogP contribution is 2.21. The molecule has 27 heavy (non-hydrogen) atoms. The zero-order valence-electron chi connectivity index (χ0n) is 14.4. The van der Waals surface area contributed by atoms with Crippen LogP contribution < -0.4 is 10.1 Å². The van der Waals surface area contributed by atoms with Gasteiger partial charge in [-0.1, -0.05) is 23.7 Å². The summed E-state index contributed by atoms with van der Waals surface area (Å²) in [5, 5.41) is 3.15. The lowest BCUT2D eigenvalue weighted by Crippen LogP contribution is -2.40. The average Bonchev–Trinajstić information content (AvgIpc) is 2.67. The minimum Gasteiger partial charge on any atom is -0.484 e. The smallest absolute Gasteiger partial charge is 0.262 e. The monoisotopic (exact) mass is 410 g/mol. The predicted octanol–water partition coefficient (Wildman–Crippen LogP) is 2.38. The number of hydrogen-bond donors (Lipinski definition) is 1. The lowest BCUT2D eigenvalue weighted by atomic mass is 10.3. The van der Waals surface area contributed by atoms with Crippen molar-refractivity contribution in [1.82, 2.24) is 4.31 Å². The van der Waals surface area contributed by atoms with Crippen LogP contribution in [0.4, 0.5) is 5.69 Å². The molecule has 144 valence electrons. The molecule has 1 saturated heterocycles. The topological polar surface area (TPSA) is 84.9 Å². The molecule has 1 aliphatic heterocycles. The van der Waals surface area contributed by atoms with Gasteiger partial charge in [-0.25, -0.2) is 8.42 Å². The van der Waals surface area contributed by atoms with Gasteiger partial charge in [0, 0.05) is 23.8 Å². The third-order valence-corrected chi connectivity index (χ3v) is 6.02. The van der Waals surface area contributed by atoms with E-state index in [9.17, 15) is 13.2 Å². The van der Waals surface area contributed by atoms with Gasteiger partial charge in [-0.2, -0.15) is 4.31 Å². The van der Waals surface area contributed by atoms with E-state index in [4.69, 9.17) is 21.1 Å². The highest BCUT2D eigenvalue weighted by Gasteiger charge is 2.26. The number of sulfonamides is 1. The molecular weight excluding hydrogens is 392 g/mol. The SMILES string of the molecule is O=C(COc1cccc(Cl)c1)Nc1cccc(S(=O)(=O)N2CCOCC2)c1. The van der Waals surface area contributed by atoms with Gasteiger partial charge in [-0.15, -0.1) is 0 Å². The van der Waals surface area contributed by atoms with Crippen LogP contribution >= 0.6 is 11.6 Å². The standard InChI is InChI=1S/C18H19ClN2O5S/c19-14-3-1-5-16(11-14)26-13-18(22)20-15-4-2-6-17(12-15)27(23,24)21-7-9-25-10-8-21/h1-6,11-12H,7-10,13H2,(H,20,22). The highest BCUT2D eigenvalue weighted by atomic mass is 35.5. The van der Waals surface area contributed by atoms with Crippen LogP contribution in [0.1, 0.15) is 0 Å². The van der Waals surface area contributed by atoms with E-state index in [1.54, 1.807) is 36.4 Å². The molecule has 2 aromatic rings. The molecule has 0 bridgehead atoms. The Kier molecular flexibility index (Phi) is 6.33. The van der Waals surface area contributed by atoms with Gasteiger partial charge < -0.3 is 14.8 Å². The fourth-order valence-electron chi connectivity index (χ4n) is 2.57. The molecule has 0 aliphatic carbocycles. The molecule has 1 amide bonds. The number of carbonyl (C=O) groups excluding carboxylic acids is 1. The summed E-state index contributed by atoms with van der Waals surface area (Å²) in [5.74, 6) is 0.0668. The van der Waals surface area contributed by atoms with Gasteiger partial charge in [-0.3, -0.25) is 4.79 Å². The van der Waals surface area contributed by atoms with Crippen LogP contribution in [-0.4, -0.2) is 51.5 Å². The van der Waals surface area contributed by atoms with E-state index in [0.717, 1.165) is 0 Å². The molecule has 0 spiro atoms. The number of anilines is 1. The normalized spacial score (nSPS) is 15.3. The third-order valence-electron chi connectivity index (χ3n) is 3.89. The molecule has 9 heteroatoms. The predicted molar refractivity (Wildman–Crippen MR) is 102 cm³/mol. The van der Waals surface area contributed by atoms with Crippen molar-refractivity contribution >= 4 is 33.2 Å². The summed E-state index contributed by atoms with van der Waals surface area (Å²) in [4.78, 5) is 12.2. The van der Waals surface area contributed by atoms with Crippen LogP contribution in [0.5, 0.6) is 5.75 Å². The third kappa shape index (κ3) is 5.20. The summed E-state index contributed by atoms with van der Waals surface area (Å²) >= 11 is 5.86. The molecule has 1 fully saturated rings. The van der Waals surface area contributed by atoms with Gasteiger partial charge >= 0.3 is 0 Å². The van der Waals surface area contributed by atoms with Gasteiger partial charge in [0.15, 0.2) is 6.61 Å². The first-order valence-electron chi connectivity index (χ1n) is 8.31. The summed E-state index contributed by atoms with van der Waals surface area (Å²) in [6.45, 7) is 1.15. The summed E-state index contributed by atoms with van der Waals surface area (Å²) in [5.41, 5.74) is 0.379. The molecular formula is C18H19ClN2O5S. The second-order valence-electron chi connectivity index (χ2n) is 5.84. The number of morpholine rings is 1. The fraction of sp³-hybridized carbons (Fsp3) is 0.278. The number of ether oxygens (including phenoxy) is 2. The number of halogens is 1. The number of carbonyl (C=O) groups is 1. The first kappa shape index (κ1) is 19.6. The van der Waals surface area contributed by atoms with Gasteiger partial charge in [0.25, 0.3) is 5.91 Å². The van der Waals surface area contributed by atoms with E-state index in [0.29, 0.717) is 42.8 Å². The Labute approximate surface area is 162 Å². The lowest BCUT2D eigenvalue weighted by Gasteiger charge is -2.26. The van der Waals surface area contributed by atoms with E-state index >= 15 is 0 Å². The molecule has 0 aromatic heterocycles. The maximum atomic E-state index is 12.7. The molecule has 1 heterocycles. The highest BCUT2D eigenvalue weighted by molar-refractivity contribution is 7.89. The second-order valence-corrected chi connectivity index (χ2v) is 8.21. The van der Waals surface area contributed by atoms with Crippen molar-refractivity contribution in [3.63, 3.8) is 0 Å². The van der Waals surface area contributed by atoms with Crippen LogP contribution in [0.2, 0.25) is 5.02 Å². The second kappa shape index (κ2) is 8.71. The van der Waals surface area contributed by atoms with E-state index in [-0.39, 0.29) is 11.5 Å². The first-order chi connectivity index (χ1) is 12.9. The quantitative estimate of drug-likeness (QED) is 0.790. The van der Waals surface area contributed by atoms with Crippen LogP contribution in [0.15, 0.2) is 53.4 Å². The van der Waals surface area contributed by atoms with Gasteiger partial charge in [0.1, 0.15) is 5.75 Å². The Hall–Kier alpha value is -2.13. The number of rotatable bonds is 6. The van der Waals surface area contributed by atoms with Crippen LogP contribution in [0.25, 0.3) is 0 Å². The number of nitrogens with one attached hydrogen (secondary N) is 1. The Morgan fingerprint density at radius 2 is 1.89 bits per heavy atom. The van der Waals surface area contributed by atoms with Crippen LogP contribution in [0, 0.1) is 0 Å². The summed E-state index contributed by atoms with van der Waals surface area (Å²) in [6, 6.07) is 12.9. The van der Waals surface area contributed by atoms with E-state index in [1.165, 1.54) is 16.4 Å². The maximum absolute atomic E-state index is 12.7. The number of nitrogens with zero attached hydrogens (tertiary/aromatic N) is 1. The van der Waals surface area contributed by atoms with Crippen LogP contribution in [0.3, 0.4) is 0 Å². The fourth-order valence-corrected chi connectivity index (χ4v) is 4.21. The molecule has 0 saturated carbocycles. The van der Waals surface area contributed by atoms with Gasteiger partial charge in [0.05, 0.1) is 18.1 Å². The number of hydrogen-bond acceptors (Lipinski definition) is 5. The van der Waals surface area contributed by atoms with Crippen molar-refractivity contribution in [3.05, 3.63) is 53.6 Å². The van der Waals surface area contributed by atoms with Crippen molar-refractivity contribution < 1.29 is 22.7 Å². The van der Waals surface area contributed by atoms with Crippen molar-refractivity contribution in [1.29, 1.82) is 0 Å². The summed E-state index contributed by atoms with van der Waals surface area (Å²) in [6.07, 6.45) is 0. The van der Waals surface area contributed by atoms with Crippen molar-refractivity contribution in [2.45, 2.75) is 4.90 Å². The molecule has 0 radical (unpaired) electrons. The van der Waals surface area contributed by atoms with E-state index < -0.39 is 15.9 Å². The Morgan fingerprint density at radius 1 is 1.15 bits per heavy atom. The Morgan fingerprint density at radius 3 is 2.63 bits per heavy atom. The first-order valence-corrected chi connectivity index (χ1v) is 10.1. The van der Waals surface area contributed by atoms with Crippen LogP contribution in [-0.2, 0) is 19.6 Å².